The van der Waals surface area contributed by atoms with Crippen molar-refractivity contribution in [2.45, 2.75) is 84.4 Å². The number of hydrogen-bond acceptors (Lipinski definition) is 0. The maximum atomic E-state index is 6.68. The number of rotatable bonds is 3. The molecular formula is C15H29B. The molecule has 1 fully saturated rings. The van der Waals surface area contributed by atoms with Gasteiger partial charge in [-0.2, -0.15) is 0 Å². The topological polar surface area (TPSA) is 0 Å². The Morgan fingerprint density at radius 1 is 0.938 bits per heavy atom. The zero-order chi connectivity index (χ0) is 12.2. The molecule has 1 aliphatic rings. The first kappa shape index (κ1) is 14.1. The normalized spacial score (nSPS) is 25.1. The van der Waals surface area contributed by atoms with Crippen LogP contribution in [-0.4, -0.2) is 7.85 Å². The molecule has 0 amide bonds. The average Bonchev–Trinajstić information content (AvgIpc) is 2.16. The highest BCUT2D eigenvalue weighted by molar-refractivity contribution is 6.15. The Morgan fingerprint density at radius 2 is 1.38 bits per heavy atom. The van der Waals surface area contributed by atoms with Gasteiger partial charge in [-0.15, -0.1) is 0 Å². The monoisotopic (exact) mass is 220 g/mol. The van der Waals surface area contributed by atoms with E-state index in [-0.39, 0.29) is 5.31 Å². The van der Waals surface area contributed by atoms with Crippen LogP contribution in [0.5, 0.6) is 0 Å². The van der Waals surface area contributed by atoms with E-state index in [0.717, 1.165) is 5.92 Å². The summed E-state index contributed by atoms with van der Waals surface area (Å²) in [6, 6.07) is 0. The second-order valence-corrected chi connectivity index (χ2v) is 6.62. The van der Waals surface area contributed by atoms with Gasteiger partial charge >= 0.3 is 0 Å². The molecule has 0 aliphatic heterocycles. The zero-order valence-corrected chi connectivity index (χ0v) is 11.8. The lowest BCUT2D eigenvalue weighted by atomic mass is 9.53. The zero-order valence-electron chi connectivity index (χ0n) is 11.8. The van der Waals surface area contributed by atoms with Gasteiger partial charge in [0, 0.05) is 0 Å². The first-order valence-electron chi connectivity index (χ1n) is 7.22. The quantitative estimate of drug-likeness (QED) is 0.578. The van der Waals surface area contributed by atoms with Gasteiger partial charge in [-0.05, 0) is 24.2 Å². The van der Waals surface area contributed by atoms with Crippen LogP contribution in [0, 0.1) is 11.3 Å². The standard InChI is InChI=1S/C15H29B/c1-5-13(6-2)15(16)11-7-9-14(3,4)10-8-12-15/h13H,5-12H2,1-4H3. The molecule has 0 unspecified atom stereocenters. The summed E-state index contributed by atoms with van der Waals surface area (Å²) in [6.07, 6.45) is 10.3. The van der Waals surface area contributed by atoms with Crippen molar-refractivity contribution >= 4 is 7.85 Å². The summed E-state index contributed by atoms with van der Waals surface area (Å²) < 4.78 is 0. The van der Waals surface area contributed by atoms with E-state index in [1.807, 2.05) is 0 Å². The third-order valence-corrected chi connectivity index (χ3v) is 4.79. The molecule has 0 heterocycles. The van der Waals surface area contributed by atoms with Gasteiger partial charge in [-0.1, -0.05) is 71.5 Å². The summed E-state index contributed by atoms with van der Waals surface area (Å²) in [7, 11) is 6.68. The van der Waals surface area contributed by atoms with Crippen LogP contribution in [0.2, 0.25) is 5.31 Å². The third-order valence-electron chi connectivity index (χ3n) is 4.79. The molecule has 92 valence electrons. The minimum absolute atomic E-state index is 0.139. The van der Waals surface area contributed by atoms with Crippen LogP contribution in [0.4, 0.5) is 0 Å². The van der Waals surface area contributed by atoms with Crippen molar-refractivity contribution in [2.24, 2.45) is 11.3 Å². The highest BCUT2D eigenvalue weighted by Crippen LogP contribution is 2.49. The summed E-state index contributed by atoms with van der Waals surface area (Å²) >= 11 is 0. The lowest BCUT2D eigenvalue weighted by Gasteiger charge is -2.42. The Balaban J connectivity index is 2.62. The van der Waals surface area contributed by atoms with Crippen LogP contribution < -0.4 is 0 Å². The predicted octanol–water partition coefficient (Wildman–Crippen LogP) is 5.13. The van der Waals surface area contributed by atoms with Crippen molar-refractivity contribution in [2.75, 3.05) is 0 Å². The molecule has 1 rings (SSSR count). The van der Waals surface area contributed by atoms with Crippen molar-refractivity contribution < 1.29 is 0 Å². The van der Waals surface area contributed by atoms with Gasteiger partial charge in [0.15, 0.2) is 0 Å². The molecule has 0 nitrogen and oxygen atoms in total. The molecule has 0 saturated heterocycles. The predicted molar refractivity (Wildman–Crippen MR) is 74.0 cm³/mol. The summed E-state index contributed by atoms with van der Waals surface area (Å²) in [5.41, 5.74) is 0.551. The Labute approximate surface area is 104 Å². The first-order valence-corrected chi connectivity index (χ1v) is 7.22. The van der Waals surface area contributed by atoms with E-state index in [1.165, 1.54) is 51.4 Å². The second-order valence-electron chi connectivity index (χ2n) is 6.62. The van der Waals surface area contributed by atoms with Gasteiger partial charge < -0.3 is 0 Å². The summed E-state index contributed by atoms with van der Waals surface area (Å²) in [5, 5.41) is 0.139. The second kappa shape index (κ2) is 5.60. The van der Waals surface area contributed by atoms with Crippen LogP contribution >= 0.6 is 0 Å². The maximum Gasteiger partial charge on any atom is 0.0750 e. The van der Waals surface area contributed by atoms with Gasteiger partial charge in [-0.25, -0.2) is 0 Å². The molecule has 16 heavy (non-hydrogen) atoms. The molecular weight excluding hydrogens is 191 g/mol. The molecule has 1 saturated carbocycles. The van der Waals surface area contributed by atoms with Crippen molar-refractivity contribution in [3.63, 3.8) is 0 Å². The summed E-state index contributed by atoms with van der Waals surface area (Å²) in [4.78, 5) is 0. The van der Waals surface area contributed by atoms with Crippen LogP contribution in [0.15, 0.2) is 0 Å². The molecule has 0 aromatic rings. The molecule has 0 N–H and O–H groups in total. The Morgan fingerprint density at radius 3 is 1.75 bits per heavy atom. The van der Waals surface area contributed by atoms with Gasteiger partial charge in [0.1, 0.15) is 0 Å². The van der Waals surface area contributed by atoms with Crippen LogP contribution in [0.3, 0.4) is 0 Å². The maximum absolute atomic E-state index is 6.68. The van der Waals surface area contributed by atoms with E-state index < -0.39 is 0 Å². The van der Waals surface area contributed by atoms with E-state index in [4.69, 9.17) is 7.85 Å². The molecule has 0 bridgehead atoms. The van der Waals surface area contributed by atoms with Crippen molar-refractivity contribution in [3.8, 4) is 0 Å². The highest BCUT2D eigenvalue weighted by atomic mass is 14.4. The SMILES string of the molecule is [B]C1(C(CC)CC)CCCC(C)(C)CCC1. The molecule has 0 aromatic carbocycles. The van der Waals surface area contributed by atoms with Crippen molar-refractivity contribution in [1.29, 1.82) is 0 Å². The Bertz CT molecular complexity index is 191. The van der Waals surface area contributed by atoms with E-state index in [0.29, 0.717) is 5.41 Å². The largest absolute Gasteiger partial charge is 0.0750 e. The third kappa shape index (κ3) is 3.53. The number of hydrogen-bond donors (Lipinski definition) is 0. The minimum Gasteiger partial charge on any atom is -0.0651 e. The van der Waals surface area contributed by atoms with E-state index in [1.54, 1.807) is 0 Å². The van der Waals surface area contributed by atoms with Crippen LogP contribution in [0.25, 0.3) is 0 Å². The van der Waals surface area contributed by atoms with E-state index in [2.05, 4.69) is 27.7 Å². The molecule has 2 radical (unpaired) electrons. The first-order chi connectivity index (χ1) is 7.43. The summed E-state index contributed by atoms with van der Waals surface area (Å²) in [5.74, 6) is 0.730. The van der Waals surface area contributed by atoms with Gasteiger partial charge in [0.25, 0.3) is 0 Å². The van der Waals surface area contributed by atoms with Gasteiger partial charge in [0.05, 0.1) is 7.85 Å². The molecule has 1 heteroatoms. The highest BCUT2D eigenvalue weighted by Gasteiger charge is 2.33. The lowest BCUT2D eigenvalue weighted by molar-refractivity contribution is 0.205. The van der Waals surface area contributed by atoms with E-state index >= 15 is 0 Å². The van der Waals surface area contributed by atoms with Crippen LogP contribution in [0.1, 0.15) is 79.1 Å². The fraction of sp³-hybridized carbons (Fsp3) is 1.00. The van der Waals surface area contributed by atoms with Crippen LogP contribution in [-0.2, 0) is 0 Å². The van der Waals surface area contributed by atoms with Gasteiger partial charge in [0.2, 0.25) is 0 Å². The fourth-order valence-corrected chi connectivity index (χ4v) is 3.55. The Hall–Kier alpha value is 0.0649. The van der Waals surface area contributed by atoms with Crippen molar-refractivity contribution in [3.05, 3.63) is 0 Å². The van der Waals surface area contributed by atoms with E-state index in [9.17, 15) is 0 Å². The molecule has 0 atom stereocenters. The Kier molecular flexibility index (Phi) is 4.95. The van der Waals surface area contributed by atoms with Crippen molar-refractivity contribution in [1.82, 2.24) is 0 Å². The summed E-state index contributed by atoms with van der Waals surface area (Å²) in [6.45, 7) is 9.41. The smallest absolute Gasteiger partial charge is 0.0651 e. The average molecular weight is 220 g/mol. The lowest BCUT2D eigenvalue weighted by Crippen LogP contribution is -2.27. The molecule has 0 aromatic heterocycles. The minimum atomic E-state index is 0.139. The van der Waals surface area contributed by atoms with Gasteiger partial charge in [-0.3, -0.25) is 0 Å². The molecule has 0 spiro atoms. The fourth-order valence-electron chi connectivity index (χ4n) is 3.55. The molecule has 1 aliphatic carbocycles.